The van der Waals surface area contributed by atoms with E-state index in [1.54, 1.807) is 0 Å². The van der Waals surface area contributed by atoms with Crippen LogP contribution in [0.15, 0.2) is 46.2 Å². The molecule has 0 saturated carbocycles. The average molecular weight is 305 g/mol. The molecule has 0 unspecified atom stereocenters. The highest BCUT2D eigenvalue weighted by atomic mass is 32.2. The summed E-state index contributed by atoms with van der Waals surface area (Å²) < 4.78 is 71.3. The van der Waals surface area contributed by atoms with Gasteiger partial charge in [-0.05, 0) is 12.1 Å². The van der Waals surface area contributed by atoms with E-state index in [0.717, 1.165) is 36.4 Å². The van der Waals surface area contributed by atoms with Crippen LogP contribution in [0.3, 0.4) is 0 Å². The van der Waals surface area contributed by atoms with Gasteiger partial charge in [0.2, 0.25) is 9.79 Å². The Balaban J connectivity index is 2.24. The fourth-order valence-electron chi connectivity index (χ4n) is 1.95. The zero-order chi connectivity index (χ0) is 14.5. The lowest BCUT2D eigenvalue weighted by molar-refractivity contribution is -0.0374. The van der Waals surface area contributed by atoms with Crippen molar-refractivity contribution in [1.29, 1.82) is 0 Å². The van der Waals surface area contributed by atoms with E-state index < -0.39 is 28.0 Å². The molecule has 0 fully saturated rings. The van der Waals surface area contributed by atoms with Crippen LogP contribution >= 0.6 is 0 Å². The Kier molecular flexibility index (Phi) is 2.89. The summed E-state index contributed by atoms with van der Waals surface area (Å²) in [7, 11) is -2.29. The van der Waals surface area contributed by atoms with Crippen LogP contribution in [0.4, 0.5) is 22.0 Å². The van der Waals surface area contributed by atoms with Crippen molar-refractivity contribution in [2.75, 3.05) is 0 Å². The molecule has 1 aliphatic rings. The van der Waals surface area contributed by atoms with Crippen molar-refractivity contribution in [3.8, 4) is 11.5 Å². The molecule has 3 rings (SSSR count). The molecule has 1 nitrogen and oxygen atoms in total. The van der Waals surface area contributed by atoms with Gasteiger partial charge in [-0.25, -0.2) is 8.78 Å². The molecule has 0 saturated heterocycles. The zero-order valence-electron chi connectivity index (χ0n) is 9.67. The van der Waals surface area contributed by atoms with E-state index in [4.69, 9.17) is 4.74 Å². The van der Waals surface area contributed by atoms with Gasteiger partial charge in [-0.15, -0.1) is 13.2 Å². The van der Waals surface area contributed by atoms with E-state index in [1.165, 1.54) is 0 Å². The van der Waals surface area contributed by atoms with Gasteiger partial charge in [0.05, 0.1) is 0 Å². The van der Waals surface area contributed by atoms with Gasteiger partial charge < -0.3 is 4.74 Å². The predicted molar refractivity (Wildman–Crippen MR) is 62.8 cm³/mol. The SMILES string of the molecule is Fc1ccc2c(c1)Oc1cc(F)ccc1[S+]2C(F)(F)F. The fraction of sp³-hybridized carbons (Fsp3) is 0.0769. The van der Waals surface area contributed by atoms with E-state index >= 15 is 0 Å². The molecule has 1 heterocycles. The number of hydrogen-bond donors (Lipinski definition) is 0. The maximum absolute atomic E-state index is 13.3. The second-order valence-corrected chi connectivity index (χ2v) is 5.99. The molecule has 0 amide bonds. The monoisotopic (exact) mass is 305 g/mol. The van der Waals surface area contributed by atoms with Crippen molar-refractivity contribution in [3.63, 3.8) is 0 Å². The second-order valence-electron chi connectivity index (χ2n) is 4.04. The van der Waals surface area contributed by atoms with Crippen LogP contribution in [0.25, 0.3) is 0 Å². The first kappa shape index (κ1) is 13.2. The third-order valence-electron chi connectivity index (χ3n) is 2.70. The molecule has 1 aliphatic heterocycles. The summed E-state index contributed by atoms with van der Waals surface area (Å²) in [4.78, 5) is -0.309. The summed E-state index contributed by atoms with van der Waals surface area (Å²) in [6.07, 6.45) is 0. The lowest BCUT2D eigenvalue weighted by atomic mass is 10.3. The average Bonchev–Trinajstić information content (AvgIpc) is 2.34. The highest BCUT2D eigenvalue weighted by molar-refractivity contribution is 7.98. The maximum Gasteiger partial charge on any atom is 0.586 e. The van der Waals surface area contributed by atoms with Gasteiger partial charge in [-0.2, -0.15) is 0 Å². The van der Waals surface area contributed by atoms with Crippen molar-refractivity contribution < 1.29 is 26.7 Å². The van der Waals surface area contributed by atoms with E-state index in [2.05, 4.69) is 0 Å². The number of rotatable bonds is 0. The molecule has 0 atom stereocenters. The van der Waals surface area contributed by atoms with Crippen molar-refractivity contribution in [1.82, 2.24) is 0 Å². The minimum atomic E-state index is -4.55. The molecule has 2 aromatic carbocycles. The van der Waals surface area contributed by atoms with Gasteiger partial charge in [0.1, 0.15) is 11.6 Å². The van der Waals surface area contributed by atoms with E-state index in [9.17, 15) is 22.0 Å². The minimum absolute atomic E-state index is 0.155. The quantitative estimate of drug-likeness (QED) is 0.509. The van der Waals surface area contributed by atoms with Gasteiger partial charge in [-0.3, -0.25) is 0 Å². The Labute approximate surface area is 113 Å². The van der Waals surface area contributed by atoms with Crippen molar-refractivity contribution in [2.24, 2.45) is 0 Å². The summed E-state index contributed by atoms with van der Waals surface area (Å²) in [5.41, 5.74) is -4.55. The molecule has 104 valence electrons. The highest BCUT2D eigenvalue weighted by Crippen LogP contribution is 2.50. The molecule has 2 aromatic rings. The number of ether oxygens (including phenoxy) is 1. The number of alkyl halides is 3. The lowest BCUT2D eigenvalue weighted by Gasteiger charge is -2.20. The smallest absolute Gasteiger partial charge is 0.447 e. The molecule has 0 bridgehead atoms. The summed E-state index contributed by atoms with van der Waals surface area (Å²) in [5.74, 6) is -1.89. The number of hydrogen-bond acceptors (Lipinski definition) is 1. The normalized spacial score (nSPS) is 14.4. The molecule has 0 spiro atoms. The standard InChI is InChI=1S/C13H6F5OS/c14-7-1-3-11-9(5-7)19-10-6-8(15)2-4-12(10)20(11)13(16,17)18/h1-6H/q+1. The van der Waals surface area contributed by atoms with E-state index in [-0.39, 0.29) is 21.3 Å². The predicted octanol–water partition coefficient (Wildman–Crippen LogP) is 4.63. The first-order valence-electron chi connectivity index (χ1n) is 5.44. The molecule has 0 N–H and O–H groups in total. The second kappa shape index (κ2) is 4.37. The molecular weight excluding hydrogens is 299 g/mol. The molecule has 0 aromatic heterocycles. The van der Waals surface area contributed by atoms with Crippen LogP contribution < -0.4 is 4.74 Å². The highest BCUT2D eigenvalue weighted by Gasteiger charge is 2.59. The van der Waals surface area contributed by atoms with Crippen LogP contribution in [0, 0.1) is 11.6 Å². The Morgan fingerprint density at radius 2 is 1.25 bits per heavy atom. The van der Waals surface area contributed by atoms with Crippen LogP contribution in [0.1, 0.15) is 0 Å². The van der Waals surface area contributed by atoms with Crippen LogP contribution in [0.5, 0.6) is 11.5 Å². The lowest BCUT2D eigenvalue weighted by Crippen LogP contribution is -2.27. The van der Waals surface area contributed by atoms with Crippen LogP contribution in [0.2, 0.25) is 0 Å². The maximum atomic E-state index is 13.3. The Hall–Kier alpha value is -1.76. The molecule has 7 heteroatoms. The summed E-state index contributed by atoms with van der Waals surface area (Å²) in [6.45, 7) is 0. The fourth-order valence-corrected chi connectivity index (χ4v) is 3.69. The number of benzene rings is 2. The van der Waals surface area contributed by atoms with Gasteiger partial charge in [0.25, 0.3) is 0 Å². The first-order chi connectivity index (χ1) is 9.36. The van der Waals surface area contributed by atoms with Gasteiger partial charge >= 0.3 is 5.51 Å². The van der Waals surface area contributed by atoms with E-state index in [1.807, 2.05) is 0 Å². The number of halogens is 5. The largest absolute Gasteiger partial charge is 0.586 e. The zero-order valence-corrected chi connectivity index (χ0v) is 10.5. The van der Waals surface area contributed by atoms with Crippen LogP contribution in [-0.2, 0) is 10.9 Å². The molecule has 20 heavy (non-hydrogen) atoms. The summed E-state index contributed by atoms with van der Waals surface area (Å²) in [5, 5.41) is 0. The molecule has 0 aliphatic carbocycles. The molecular formula is C13H6F5OS+. The Morgan fingerprint density at radius 3 is 1.65 bits per heavy atom. The van der Waals surface area contributed by atoms with Crippen molar-refractivity contribution >= 4 is 10.9 Å². The topological polar surface area (TPSA) is 9.23 Å². The van der Waals surface area contributed by atoms with Crippen LogP contribution in [-0.4, -0.2) is 5.51 Å². The third kappa shape index (κ3) is 2.11. The Bertz CT molecular complexity index is 631. The molecule has 0 radical (unpaired) electrons. The summed E-state index contributed by atoms with van der Waals surface area (Å²) >= 11 is 0. The number of fused-ring (bicyclic) bond motifs is 2. The van der Waals surface area contributed by atoms with E-state index in [0.29, 0.717) is 0 Å². The minimum Gasteiger partial charge on any atom is -0.447 e. The summed E-state index contributed by atoms with van der Waals surface area (Å²) in [6, 6.07) is 5.73. The first-order valence-corrected chi connectivity index (χ1v) is 6.67. The van der Waals surface area contributed by atoms with Gasteiger partial charge in [-0.1, -0.05) is 0 Å². The van der Waals surface area contributed by atoms with Gasteiger partial charge in [0.15, 0.2) is 22.4 Å². The Morgan fingerprint density at radius 1 is 0.800 bits per heavy atom. The van der Waals surface area contributed by atoms with Crippen molar-refractivity contribution in [2.45, 2.75) is 15.3 Å². The third-order valence-corrected chi connectivity index (χ3v) is 4.72. The van der Waals surface area contributed by atoms with Gasteiger partial charge in [0, 0.05) is 24.3 Å². The van der Waals surface area contributed by atoms with Crippen molar-refractivity contribution in [3.05, 3.63) is 48.0 Å².